The Balaban J connectivity index is 2.25. The van der Waals surface area contributed by atoms with E-state index < -0.39 is 5.97 Å². The Bertz CT molecular complexity index is 701. The minimum absolute atomic E-state index is 0.193. The maximum atomic E-state index is 12.1. The second kappa shape index (κ2) is 6.61. The van der Waals surface area contributed by atoms with Crippen LogP contribution in [0.25, 0.3) is 0 Å². The van der Waals surface area contributed by atoms with Crippen molar-refractivity contribution in [3.05, 3.63) is 58.1 Å². The number of anilines is 1. The van der Waals surface area contributed by atoms with Crippen LogP contribution in [0.15, 0.2) is 42.5 Å². The lowest BCUT2D eigenvalue weighted by atomic mass is 10.2. The summed E-state index contributed by atoms with van der Waals surface area (Å²) < 4.78 is 5.27. The van der Waals surface area contributed by atoms with Crippen LogP contribution in [0.5, 0.6) is 5.75 Å². The van der Waals surface area contributed by atoms with Gasteiger partial charge in [0.05, 0.1) is 16.3 Å². The second-order valence-electron chi connectivity index (χ2n) is 4.19. The maximum absolute atomic E-state index is 12.1. The van der Waals surface area contributed by atoms with Crippen molar-refractivity contribution in [1.82, 2.24) is 0 Å². The SMILES string of the molecule is CC(=O)Nc1ccccc1OC(=O)c1ccc(Cl)cc1Cl. The first-order chi connectivity index (χ1) is 9.97. The van der Waals surface area contributed by atoms with E-state index in [9.17, 15) is 9.59 Å². The Labute approximate surface area is 131 Å². The van der Waals surface area contributed by atoms with Gasteiger partial charge in [-0.25, -0.2) is 4.79 Å². The Kier molecular flexibility index (Phi) is 4.83. The molecule has 0 unspecified atom stereocenters. The number of ether oxygens (including phenoxy) is 1. The van der Waals surface area contributed by atoms with Crippen LogP contribution in [0.3, 0.4) is 0 Å². The highest BCUT2D eigenvalue weighted by molar-refractivity contribution is 6.36. The van der Waals surface area contributed by atoms with E-state index in [1.807, 2.05) is 0 Å². The van der Waals surface area contributed by atoms with Crippen molar-refractivity contribution >= 4 is 40.8 Å². The average Bonchev–Trinajstić information content (AvgIpc) is 2.40. The number of nitrogens with one attached hydrogen (secondary N) is 1. The highest BCUT2D eigenvalue weighted by Crippen LogP contribution is 2.27. The van der Waals surface area contributed by atoms with Crippen LogP contribution in [0.4, 0.5) is 5.69 Å². The fraction of sp³-hybridized carbons (Fsp3) is 0.0667. The predicted molar refractivity (Wildman–Crippen MR) is 82.2 cm³/mol. The third kappa shape index (κ3) is 3.97. The zero-order valence-corrected chi connectivity index (χ0v) is 12.5. The van der Waals surface area contributed by atoms with Gasteiger partial charge in [0.25, 0.3) is 0 Å². The van der Waals surface area contributed by atoms with E-state index >= 15 is 0 Å². The number of para-hydroxylation sites is 2. The van der Waals surface area contributed by atoms with Crippen molar-refractivity contribution in [2.24, 2.45) is 0 Å². The molecule has 6 heteroatoms. The molecule has 1 N–H and O–H groups in total. The van der Waals surface area contributed by atoms with Crippen LogP contribution >= 0.6 is 23.2 Å². The normalized spacial score (nSPS) is 10.0. The molecule has 2 aromatic rings. The number of halogens is 2. The number of esters is 1. The van der Waals surface area contributed by atoms with Crippen molar-refractivity contribution in [1.29, 1.82) is 0 Å². The van der Waals surface area contributed by atoms with E-state index in [1.54, 1.807) is 30.3 Å². The fourth-order valence-corrected chi connectivity index (χ4v) is 2.14. The molecule has 108 valence electrons. The topological polar surface area (TPSA) is 55.4 Å². The van der Waals surface area contributed by atoms with E-state index in [-0.39, 0.29) is 22.2 Å². The molecular weight excluding hydrogens is 313 g/mol. The molecule has 0 heterocycles. The van der Waals surface area contributed by atoms with Gasteiger partial charge >= 0.3 is 5.97 Å². The summed E-state index contributed by atoms with van der Waals surface area (Å²) in [6.07, 6.45) is 0. The number of amides is 1. The monoisotopic (exact) mass is 323 g/mol. The second-order valence-corrected chi connectivity index (χ2v) is 5.03. The van der Waals surface area contributed by atoms with E-state index in [4.69, 9.17) is 27.9 Å². The molecule has 0 aliphatic carbocycles. The van der Waals surface area contributed by atoms with Gasteiger partial charge in [-0.2, -0.15) is 0 Å². The first kappa shape index (κ1) is 15.4. The van der Waals surface area contributed by atoms with Crippen molar-refractivity contribution in [3.8, 4) is 5.75 Å². The van der Waals surface area contributed by atoms with Gasteiger partial charge in [-0.05, 0) is 30.3 Å². The number of carbonyl (C=O) groups excluding carboxylic acids is 2. The molecule has 0 fully saturated rings. The van der Waals surface area contributed by atoms with Gasteiger partial charge in [-0.3, -0.25) is 4.79 Å². The van der Waals surface area contributed by atoms with Crippen LogP contribution in [-0.2, 0) is 4.79 Å². The molecular formula is C15H11Cl2NO3. The summed E-state index contributed by atoms with van der Waals surface area (Å²) in [6, 6.07) is 11.1. The van der Waals surface area contributed by atoms with Gasteiger partial charge in [0.1, 0.15) is 0 Å². The molecule has 0 saturated carbocycles. The minimum atomic E-state index is -0.630. The van der Waals surface area contributed by atoms with Crippen LogP contribution in [0.1, 0.15) is 17.3 Å². The van der Waals surface area contributed by atoms with E-state index in [0.717, 1.165) is 0 Å². The van der Waals surface area contributed by atoms with Crippen molar-refractivity contribution in [3.63, 3.8) is 0 Å². The lowest BCUT2D eigenvalue weighted by Crippen LogP contribution is -2.12. The quantitative estimate of drug-likeness (QED) is 0.681. The zero-order valence-electron chi connectivity index (χ0n) is 11.0. The van der Waals surface area contributed by atoms with Gasteiger partial charge in [0.2, 0.25) is 5.91 Å². The van der Waals surface area contributed by atoms with Crippen LogP contribution in [-0.4, -0.2) is 11.9 Å². The number of rotatable bonds is 3. The third-order valence-electron chi connectivity index (χ3n) is 2.55. The first-order valence-electron chi connectivity index (χ1n) is 6.01. The lowest BCUT2D eigenvalue weighted by Gasteiger charge is -2.10. The van der Waals surface area contributed by atoms with Crippen LogP contribution < -0.4 is 10.1 Å². The molecule has 2 aromatic carbocycles. The van der Waals surface area contributed by atoms with Crippen LogP contribution in [0.2, 0.25) is 10.0 Å². The molecule has 0 atom stereocenters. The number of carbonyl (C=O) groups is 2. The molecule has 0 bridgehead atoms. The molecule has 0 aliphatic heterocycles. The van der Waals surface area contributed by atoms with Gasteiger partial charge < -0.3 is 10.1 Å². The number of benzene rings is 2. The number of hydrogen-bond acceptors (Lipinski definition) is 3. The molecule has 0 radical (unpaired) electrons. The first-order valence-corrected chi connectivity index (χ1v) is 6.77. The maximum Gasteiger partial charge on any atom is 0.345 e. The summed E-state index contributed by atoms with van der Waals surface area (Å²) in [4.78, 5) is 23.2. The van der Waals surface area contributed by atoms with E-state index in [2.05, 4.69) is 5.32 Å². The van der Waals surface area contributed by atoms with Crippen molar-refractivity contribution < 1.29 is 14.3 Å². The smallest absolute Gasteiger partial charge is 0.345 e. The minimum Gasteiger partial charge on any atom is -0.421 e. The number of hydrogen-bond donors (Lipinski definition) is 1. The molecule has 0 saturated heterocycles. The summed E-state index contributed by atoms with van der Waals surface area (Å²) in [5.74, 6) is -0.652. The average molecular weight is 324 g/mol. The largest absolute Gasteiger partial charge is 0.421 e. The summed E-state index contributed by atoms with van der Waals surface area (Å²) in [5, 5.41) is 3.21. The van der Waals surface area contributed by atoms with Gasteiger partial charge in [0.15, 0.2) is 5.75 Å². The Morgan fingerprint density at radius 2 is 1.81 bits per heavy atom. The van der Waals surface area contributed by atoms with Crippen LogP contribution in [0, 0.1) is 0 Å². The highest BCUT2D eigenvalue weighted by atomic mass is 35.5. The van der Waals surface area contributed by atoms with Gasteiger partial charge in [0, 0.05) is 11.9 Å². The molecule has 0 spiro atoms. The van der Waals surface area contributed by atoms with Crippen molar-refractivity contribution in [2.75, 3.05) is 5.32 Å². The summed E-state index contributed by atoms with van der Waals surface area (Å²) in [6.45, 7) is 1.37. The van der Waals surface area contributed by atoms with Gasteiger partial charge in [-0.1, -0.05) is 35.3 Å². The molecule has 1 amide bonds. The van der Waals surface area contributed by atoms with Crippen molar-refractivity contribution in [2.45, 2.75) is 6.92 Å². The molecule has 2 rings (SSSR count). The molecule has 21 heavy (non-hydrogen) atoms. The van der Waals surface area contributed by atoms with E-state index in [0.29, 0.717) is 10.7 Å². The molecule has 0 aliphatic rings. The fourth-order valence-electron chi connectivity index (χ4n) is 1.66. The van der Waals surface area contributed by atoms with E-state index in [1.165, 1.54) is 19.1 Å². The Morgan fingerprint density at radius 1 is 1.10 bits per heavy atom. The standard InChI is InChI=1S/C15H11Cl2NO3/c1-9(19)18-13-4-2-3-5-14(13)21-15(20)11-7-6-10(16)8-12(11)17/h2-8H,1H3,(H,18,19). The summed E-state index contributed by atoms with van der Waals surface area (Å²) in [5.41, 5.74) is 0.599. The highest BCUT2D eigenvalue weighted by Gasteiger charge is 2.15. The molecule has 0 aromatic heterocycles. The summed E-state index contributed by atoms with van der Waals surface area (Å²) >= 11 is 11.7. The Morgan fingerprint density at radius 3 is 2.48 bits per heavy atom. The third-order valence-corrected chi connectivity index (χ3v) is 3.10. The lowest BCUT2D eigenvalue weighted by molar-refractivity contribution is -0.114. The predicted octanol–water partition coefficient (Wildman–Crippen LogP) is 4.17. The summed E-state index contributed by atoms with van der Waals surface area (Å²) in [7, 11) is 0. The van der Waals surface area contributed by atoms with Gasteiger partial charge in [-0.15, -0.1) is 0 Å². The molecule has 4 nitrogen and oxygen atoms in total. The Hall–Kier alpha value is -2.04. The zero-order chi connectivity index (χ0) is 15.4.